The Labute approximate surface area is 118 Å². The summed E-state index contributed by atoms with van der Waals surface area (Å²) in [5, 5.41) is 1.86. The Morgan fingerprint density at radius 2 is 2.11 bits per heavy atom. The summed E-state index contributed by atoms with van der Waals surface area (Å²) in [5.74, 6) is -0.00462. The molecule has 102 valence electrons. The number of thiophene rings is 1. The van der Waals surface area contributed by atoms with Crippen LogP contribution in [0.4, 0.5) is 0 Å². The average Bonchev–Trinajstić information content (AvgIpc) is 2.87. The molecule has 18 heavy (non-hydrogen) atoms. The van der Waals surface area contributed by atoms with Gasteiger partial charge < -0.3 is 10.6 Å². The van der Waals surface area contributed by atoms with Crippen molar-refractivity contribution in [1.82, 2.24) is 4.90 Å². The molecule has 0 aliphatic rings. The predicted octanol–water partition coefficient (Wildman–Crippen LogP) is 1.94. The molecule has 1 rings (SSSR count). The molecule has 1 unspecified atom stereocenters. The van der Waals surface area contributed by atoms with Crippen LogP contribution in [0.25, 0.3) is 0 Å². The van der Waals surface area contributed by atoms with Crippen molar-refractivity contribution in [3.05, 3.63) is 22.4 Å². The molecule has 0 saturated carbocycles. The number of carbonyl (C=O) groups excluding carboxylic acids is 2. The van der Waals surface area contributed by atoms with E-state index in [4.69, 9.17) is 5.73 Å². The third-order valence-electron chi connectivity index (χ3n) is 2.76. The second kappa shape index (κ2) is 8.24. The Balaban J connectivity index is 0.00000289. The number of nitrogens with two attached hydrogens (primary N) is 1. The van der Waals surface area contributed by atoms with E-state index in [0.717, 1.165) is 0 Å². The van der Waals surface area contributed by atoms with Gasteiger partial charge in [0.1, 0.15) is 0 Å². The van der Waals surface area contributed by atoms with Crippen molar-refractivity contribution in [3.63, 3.8) is 0 Å². The Kier molecular flexibility index (Phi) is 7.82. The van der Waals surface area contributed by atoms with Crippen molar-refractivity contribution < 1.29 is 9.59 Å². The van der Waals surface area contributed by atoms with Crippen molar-refractivity contribution in [1.29, 1.82) is 0 Å². The number of halogens is 1. The largest absolute Gasteiger partial charge is 0.342 e. The normalized spacial score (nSPS) is 11.5. The maximum Gasteiger partial charge on any atom is 0.223 e. The molecule has 0 aromatic carbocycles. The van der Waals surface area contributed by atoms with E-state index in [-0.39, 0.29) is 43.0 Å². The summed E-state index contributed by atoms with van der Waals surface area (Å²) in [5.41, 5.74) is 5.48. The molecule has 1 atom stereocenters. The highest BCUT2D eigenvalue weighted by Crippen LogP contribution is 2.13. The molecule has 1 amide bonds. The van der Waals surface area contributed by atoms with Crippen molar-refractivity contribution in [3.8, 4) is 0 Å². The summed E-state index contributed by atoms with van der Waals surface area (Å²) in [6.45, 7) is 2.32. The fourth-order valence-corrected chi connectivity index (χ4v) is 2.06. The Bertz CT molecular complexity index is 381. The highest BCUT2D eigenvalue weighted by atomic mass is 35.5. The van der Waals surface area contributed by atoms with E-state index in [2.05, 4.69) is 0 Å². The van der Waals surface area contributed by atoms with Gasteiger partial charge in [-0.3, -0.25) is 9.59 Å². The number of rotatable bonds is 6. The highest BCUT2D eigenvalue weighted by Gasteiger charge is 2.16. The van der Waals surface area contributed by atoms with E-state index in [9.17, 15) is 9.59 Å². The molecule has 0 aliphatic carbocycles. The molecule has 1 aromatic rings. The summed E-state index contributed by atoms with van der Waals surface area (Å²) < 4.78 is 0. The maximum atomic E-state index is 11.7. The van der Waals surface area contributed by atoms with Crippen LogP contribution < -0.4 is 5.73 Å². The zero-order valence-electron chi connectivity index (χ0n) is 10.6. The summed E-state index contributed by atoms with van der Waals surface area (Å²) >= 11 is 1.41. The Morgan fingerprint density at radius 3 is 2.61 bits per heavy atom. The van der Waals surface area contributed by atoms with E-state index in [1.54, 1.807) is 18.0 Å². The van der Waals surface area contributed by atoms with Gasteiger partial charge in [-0.15, -0.1) is 23.7 Å². The number of hydrogen-bond acceptors (Lipinski definition) is 4. The van der Waals surface area contributed by atoms with E-state index in [1.165, 1.54) is 11.3 Å². The zero-order chi connectivity index (χ0) is 12.8. The first-order valence-corrected chi connectivity index (χ1v) is 6.46. The van der Waals surface area contributed by atoms with Gasteiger partial charge in [-0.05, 0) is 18.4 Å². The number of likely N-dealkylation sites (N-methyl/N-ethyl adjacent to an activating group) is 1. The van der Waals surface area contributed by atoms with Gasteiger partial charge >= 0.3 is 0 Å². The average molecular weight is 291 g/mol. The number of Topliss-reactive ketones (excluding diaryl/α,β-unsaturated/α-hetero) is 1. The lowest BCUT2D eigenvalue weighted by Crippen LogP contribution is -2.39. The Hall–Kier alpha value is -0.910. The number of nitrogens with zero attached hydrogens (tertiary/aromatic N) is 1. The topological polar surface area (TPSA) is 63.4 Å². The molecule has 1 heterocycles. The van der Waals surface area contributed by atoms with Crippen molar-refractivity contribution in [2.75, 3.05) is 13.6 Å². The van der Waals surface area contributed by atoms with Gasteiger partial charge in [0.15, 0.2) is 5.78 Å². The number of amides is 1. The lowest BCUT2D eigenvalue weighted by Gasteiger charge is -2.23. The number of carbonyl (C=O) groups is 2. The molecule has 1 aromatic heterocycles. The quantitative estimate of drug-likeness (QED) is 0.815. The van der Waals surface area contributed by atoms with Gasteiger partial charge in [0.05, 0.1) is 4.88 Å². The van der Waals surface area contributed by atoms with Gasteiger partial charge in [0, 0.05) is 32.5 Å². The molecular weight excluding hydrogens is 272 g/mol. The van der Waals surface area contributed by atoms with Crippen LogP contribution >= 0.6 is 23.7 Å². The van der Waals surface area contributed by atoms with Gasteiger partial charge in [-0.2, -0.15) is 0 Å². The summed E-state index contributed by atoms with van der Waals surface area (Å²) in [7, 11) is 1.72. The van der Waals surface area contributed by atoms with Gasteiger partial charge in [0.2, 0.25) is 5.91 Å². The molecule has 4 nitrogen and oxygen atoms in total. The number of hydrogen-bond donors (Lipinski definition) is 1. The first-order valence-electron chi connectivity index (χ1n) is 5.58. The molecule has 0 aliphatic heterocycles. The first-order chi connectivity index (χ1) is 8.06. The van der Waals surface area contributed by atoms with Crippen molar-refractivity contribution in [2.45, 2.75) is 25.8 Å². The summed E-state index contributed by atoms with van der Waals surface area (Å²) in [6, 6.07) is 3.63. The van der Waals surface area contributed by atoms with Crippen LogP contribution in [0.1, 0.15) is 29.4 Å². The monoisotopic (exact) mass is 290 g/mol. The zero-order valence-corrected chi connectivity index (χ0v) is 12.2. The van der Waals surface area contributed by atoms with Crippen LogP contribution in [0.3, 0.4) is 0 Å². The molecular formula is C12H19ClN2O2S. The lowest BCUT2D eigenvalue weighted by molar-refractivity contribution is -0.131. The predicted molar refractivity (Wildman–Crippen MR) is 76.4 cm³/mol. The fourth-order valence-electron chi connectivity index (χ4n) is 1.36. The minimum absolute atomic E-state index is 0. The van der Waals surface area contributed by atoms with E-state index in [0.29, 0.717) is 11.4 Å². The molecule has 0 bridgehead atoms. The van der Waals surface area contributed by atoms with E-state index in [1.807, 2.05) is 18.4 Å². The van der Waals surface area contributed by atoms with E-state index >= 15 is 0 Å². The Morgan fingerprint density at radius 1 is 1.44 bits per heavy atom. The molecule has 0 spiro atoms. The van der Waals surface area contributed by atoms with Crippen LogP contribution in [0.2, 0.25) is 0 Å². The van der Waals surface area contributed by atoms with Crippen LogP contribution in [-0.4, -0.2) is 36.2 Å². The molecule has 0 saturated heterocycles. The minimum atomic E-state index is -0.0344. The second-order valence-corrected chi connectivity index (χ2v) is 4.94. The smallest absolute Gasteiger partial charge is 0.223 e. The highest BCUT2D eigenvalue weighted by molar-refractivity contribution is 7.12. The summed E-state index contributed by atoms with van der Waals surface area (Å²) in [6.07, 6.45) is 0.512. The van der Waals surface area contributed by atoms with E-state index < -0.39 is 0 Å². The fraction of sp³-hybridized carbons (Fsp3) is 0.500. The standard InChI is InChI=1S/C12H18N2O2S.ClH/c1-9(8-13)14(2)12(16)6-5-10(15)11-4-3-7-17-11;/h3-4,7,9H,5-6,8,13H2,1-2H3;1H. The van der Waals surface area contributed by atoms with Gasteiger partial charge in [-0.1, -0.05) is 6.07 Å². The minimum Gasteiger partial charge on any atom is -0.342 e. The third-order valence-corrected chi connectivity index (χ3v) is 3.67. The third kappa shape index (κ3) is 4.76. The maximum absolute atomic E-state index is 11.7. The van der Waals surface area contributed by atoms with Crippen molar-refractivity contribution in [2.24, 2.45) is 5.73 Å². The number of ketones is 1. The SMILES string of the molecule is CC(CN)N(C)C(=O)CCC(=O)c1cccs1.Cl. The molecule has 2 N–H and O–H groups in total. The molecule has 6 heteroatoms. The lowest BCUT2D eigenvalue weighted by atomic mass is 10.1. The van der Waals surface area contributed by atoms with Crippen LogP contribution in [0, 0.1) is 0 Å². The molecule has 0 fully saturated rings. The second-order valence-electron chi connectivity index (χ2n) is 3.99. The van der Waals surface area contributed by atoms with Gasteiger partial charge in [-0.25, -0.2) is 0 Å². The van der Waals surface area contributed by atoms with Gasteiger partial charge in [0.25, 0.3) is 0 Å². The van der Waals surface area contributed by atoms with Crippen LogP contribution in [0.5, 0.6) is 0 Å². The van der Waals surface area contributed by atoms with Crippen molar-refractivity contribution >= 4 is 35.4 Å². The molecule has 0 radical (unpaired) electrons. The summed E-state index contributed by atoms with van der Waals surface area (Å²) in [4.78, 5) is 25.7. The first kappa shape index (κ1) is 17.1. The van der Waals surface area contributed by atoms with Crippen LogP contribution in [0.15, 0.2) is 17.5 Å². The van der Waals surface area contributed by atoms with Crippen LogP contribution in [-0.2, 0) is 4.79 Å².